The number of aromatic nitrogens is 4. The number of hydrogen-bond acceptors (Lipinski definition) is 5. The maximum atomic E-state index is 11.7. The molecule has 86 valence electrons. The van der Waals surface area contributed by atoms with E-state index in [4.69, 9.17) is 11.6 Å². The van der Waals surface area contributed by atoms with Crippen LogP contribution in [0.5, 0.6) is 0 Å². The van der Waals surface area contributed by atoms with Crippen molar-refractivity contribution in [3.8, 4) is 0 Å². The smallest absolute Gasteiger partial charge is 0.277 e. The van der Waals surface area contributed by atoms with Crippen molar-refractivity contribution >= 4 is 39.3 Å². The third-order valence-electron chi connectivity index (χ3n) is 1.70. The van der Waals surface area contributed by atoms with Gasteiger partial charge in [0.15, 0.2) is 5.82 Å². The normalized spacial score (nSPS) is 10.0. The summed E-state index contributed by atoms with van der Waals surface area (Å²) in [6.07, 6.45) is 5.55. The number of amides is 1. The van der Waals surface area contributed by atoms with Crippen molar-refractivity contribution in [2.75, 3.05) is 5.32 Å². The average Bonchev–Trinajstić information content (AvgIpc) is 2.32. The second-order valence-corrected chi connectivity index (χ2v) is 4.11. The molecule has 0 fully saturated rings. The van der Waals surface area contributed by atoms with Crippen LogP contribution < -0.4 is 5.32 Å². The molecular formula is C9H5BrClN5O. The molecule has 2 aromatic heterocycles. The van der Waals surface area contributed by atoms with Gasteiger partial charge in [-0.3, -0.25) is 9.78 Å². The first-order valence-corrected chi connectivity index (χ1v) is 5.58. The summed E-state index contributed by atoms with van der Waals surface area (Å²) >= 11 is 8.76. The van der Waals surface area contributed by atoms with E-state index in [1.54, 1.807) is 0 Å². The van der Waals surface area contributed by atoms with Gasteiger partial charge in [0.2, 0.25) is 0 Å². The summed E-state index contributed by atoms with van der Waals surface area (Å²) in [6, 6.07) is 0. The molecule has 0 aromatic carbocycles. The lowest BCUT2D eigenvalue weighted by Crippen LogP contribution is -2.15. The van der Waals surface area contributed by atoms with Crippen LogP contribution in [0.25, 0.3) is 0 Å². The highest BCUT2D eigenvalue weighted by atomic mass is 79.9. The Hall–Kier alpha value is -1.60. The van der Waals surface area contributed by atoms with Crippen molar-refractivity contribution in [3.63, 3.8) is 0 Å². The predicted octanol–water partition coefficient (Wildman–Crippen LogP) is 1.93. The molecule has 2 rings (SSSR count). The Bertz CT molecular complexity index is 547. The van der Waals surface area contributed by atoms with Crippen molar-refractivity contribution in [2.45, 2.75) is 0 Å². The van der Waals surface area contributed by atoms with E-state index >= 15 is 0 Å². The molecular weight excluding hydrogens is 309 g/mol. The van der Waals surface area contributed by atoms with E-state index in [1.807, 2.05) is 0 Å². The first-order chi connectivity index (χ1) is 8.15. The largest absolute Gasteiger partial charge is 0.304 e. The van der Waals surface area contributed by atoms with Crippen LogP contribution in [0.1, 0.15) is 10.5 Å². The van der Waals surface area contributed by atoms with Crippen LogP contribution in [0, 0.1) is 0 Å². The van der Waals surface area contributed by atoms with Gasteiger partial charge >= 0.3 is 0 Å². The summed E-state index contributed by atoms with van der Waals surface area (Å²) < 4.78 is 0.582. The van der Waals surface area contributed by atoms with Crippen LogP contribution >= 0.6 is 27.5 Å². The molecule has 2 aromatic rings. The molecule has 6 nitrogen and oxygen atoms in total. The zero-order valence-corrected chi connectivity index (χ0v) is 10.6. The van der Waals surface area contributed by atoms with E-state index in [1.165, 1.54) is 24.8 Å². The standard InChI is InChI=1S/C9H5BrClN5O/c10-6-2-14-8(4-13-6)16-9(17)5-1-12-3-7(11)15-5/h1-4H,(H,14,16,17). The molecule has 0 saturated carbocycles. The highest BCUT2D eigenvalue weighted by molar-refractivity contribution is 9.10. The van der Waals surface area contributed by atoms with Crippen molar-refractivity contribution < 1.29 is 4.79 Å². The molecule has 0 saturated heterocycles. The number of rotatable bonds is 2. The van der Waals surface area contributed by atoms with Crippen LogP contribution in [-0.4, -0.2) is 25.8 Å². The molecule has 0 bridgehead atoms. The molecule has 0 spiro atoms. The Labute approximate surface area is 110 Å². The SMILES string of the molecule is O=C(Nc1cnc(Br)cn1)c1cncc(Cl)n1. The van der Waals surface area contributed by atoms with Gasteiger partial charge in [0, 0.05) is 0 Å². The van der Waals surface area contributed by atoms with E-state index < -0.39 is 5.91 Å². The Morgan fingerprint density at radius 3 is 2.71 bits per heavy atom. The van der Waals surface area contributed by atoms with Crippen LogP contribution in [0.15, 0.2) is 29.4 Å². The Kier molecular flexibility index (Phi) is 3.60. The van der Waals surface area contributed by atoms with Gasteiger partial charge in [-0.1, -0.05) is 11.6 Å². The van der Waals surface area contributed by atoms with Crippen molar-refractivity contribution in [1.82, 2.24) is 19.9 Å². The summed E-state index contributed by atoms with van der Waals surface area (Å²) in [7, 11) is 0. The maximum Gasteiger partial charge on any atom is 0.277 e. The van der Waals surface area contributed by atoms with E-state index in [0.717, 1.165) is 0 Å². The summed E-state index contributed by atoms with van der Waals surface area (Å²) in [4.78, 5) is 27.1. The first-order valence-electron chi connectivity index (χ1n) is 4.41. The van der Waals surface area contributed by atoms with Gasteiger partial charge < -0.3 is 5.32 Å². The number of halogens is 2. The van der Waals surface area contributed by atoms with Crippen molar-refractivity contribution in [3.05, 3.63) is 40.2 Å². The predicted molar refractivity (Wildman–Crippen MR) is 64.7 cm³/mol. The highest BCUT2D eigenvalue weighted by Gasteiger charge is 2.09. The van der Waals surface area contributed by atoms with Gasteiger partial charge in [0.1, 0.15) is 15.5 Å². The molecule has 0 radical (unpaired) electrons. The Balaban J connectivity index is 2.14. The number of carbonyl (C=O) groups excluding carboxylic acids is 1. The molecule has 1 amide bonds. The fourth-order valence-electron chi connectivity index (χ4n) is 1.01. The van der Waals surface area contributed by atoms with Crippen molar-refractivity contribution in [2.24, 2.45) is 0 Å². The van der Waals surface area contributed by atoms with Gasteiger partial charge in [-0.2, -0.15) is 0 Å². The molecule has 8 heteroatoms. The van der Waals surface area contributed by atoms with Crippen LogP contribution in [0.3, 0.4) is 0 Å². The second kappa shape index (κ2) is 5.15. The maximum absolute atomic E-state index is 11.7. The fourth-order valence-corrected chi connectivity index (χ4v) is 1.36. The number of hydrogen-bond donors (Lipinski definition) is 1. The Morgan fingerprint density at radius 2 is 2.06 bits per heavy atom. The summed E-state index contributed by atoms with van der Waals surface area (Å²) in [6.45, 7) is 0. The van der Waals surface area contributed by atoms with E-state index in [0.29, 0.717) is 10.4 Å². The number of nitrogens with one attached hydrogen (secondary N) is 1. The minimum atomic E-state index is -0.448. The molecule has 17 heavy (non-hydrogen) atoms. The van der Waals surface area contributed by atoms with Crippen LogP contribution in [0.2, 0.25) is 5.15 Å². The van der Waals surface area contributed by atoms with Gasteiger partial charge in [0.05, 0.1) is 24.8 Å². The quantitative estimate of drug-likeness (QED) is 0.916. The molecule has 0 aliphatic heterocycles. The van der Waals surface area contributed by atoms with E-state index in [2.05, 4.69) is 41.2 Å². The minimum absolute atomic E-state index is 0.113. The molecule has 2 heterocycles. The lowest BCUT2D eigenvalue weighted by atomic mass is 10.4. The van der Waals surface area contributed by atoms with Gasteiger partial charge in [-0.15, -0.1) is 0 Å². The second-order valence-electron chi connectivity index (χ2n) is 2.91. The third kappa shape index (κ3) is 3.18. The van der Waals surface area contributed by atoms with Gasteiger partial charge in [-0.25, -0.2) is 15.0 Å². The fraction of sp³-hybridized carbons (Fsp3) is 0. The lowest BCUT2D eigenvalue weighted by Gasteiger charge is -2.02. The van der Waals surface area contributed by atoms with Crippen LogP contribution in [0.4, 0.5) is 5.82 Å². The molecule has 0 unspecified atom stereocenters. The Morgan fingerprint density at radius 1 is 1.24 bits per heavy atom. The lowest BCUT2D eigenvalue weighted by molar-refractivity contribution is 0.102. The molecule has 0 aliphatic carbocycles. The number of anilines is 1. The average molecular weight is 315 g/mol. The van der Waals surface area contributed by atoms with Crippen LogP contribution in [-0.2, 0) is 0 Å². The highest BCUT2D eigenvalue weighted by Crippen LogP contribution is 2.08. The minimum Gasteiger partial charge on any atom is -0.304 e. The summed E-state index contributed by atoms with van der Waals surface area (Å²) in [5, 5.41) is 2.67. The monoisotopic (exact) mass is 313 g/mol. The topological polar surface area (TPSA) is 80.7 Å². The third-order valence-corrected chi connectivity index (χ3v) is 2.29. The van der Waals surface area contributed by atoms with Gasteiger partial charge in [0.25, 0.3) is 5.91 Å². The summed E-state index contributed by atoms with van der Waals surface area (Å²) in [5.74, 6) is -0.128. The molecule has 0 atom stereocenters. The van der Waals surface area contributed by atoms with Gasteiger partial charge in [-0.05, 0) is 15.9 Å². The number of carbonyl (C=O) groups is 1. The zero-order valence-electron chi connectivity index (χ0n) is 8.26. The zero-order chi connectivity index (χ0) is 12.3. The van der Waals surface area contributed by atoms with E-state index in [9.17, 15) is 4.79 Å². The molecule has 1 N–H and O–H groups in total. The van der Waals surface area contributed by atoms with Crippen molar-refractivity contribution in [1.29, 1.82) is 0 Å². The first kappa shape index (κ1) is 11.9. The summed E-state index contributed by atoms with van der Waals surface area (Å²) in [5.41, 5.74) is 0.113. The molecule has 0 aliphatic rings. The van der Waals surface area contributed by atoms with E-state index in [-0.39, 0.29) is 10.8 Å². The number of nitrogens with zero attached hydrogens (tertiary/aromatic N) is 4.